The normalized spacial score (nSPS) is 11.7. The average Bonchev–Trinajstić information content (AvgIpc) is 2.38. The fourth-order valence-electron chi connectivity index (χ4n) is 1.46. The second-order valence-corrected chi connectivity index (χ2v) is 5.35. The second kappa shape index (κ2) is 8.58. The van der Waals surface area contributed by atoms with Gasteiger partial charge in [-0.25, -0.2) is 0 Å². The minimum absolute atomic E-state index is 0.141. The molecule has 0 fully saturated rings. The molecule has 0 radical (unpaired) electrons. The lowest BCUT2D eigenvalue weighted by molar-refractivity contribution is -0.141. The molecule has 0 aliphatic rings. The Morgan fingerprint density at radius 2 is 2.20 bits per heavy atom. The van der Waals surface area contributed by atoms with Crippen LogP contribution in [-0.4, -0.2) is 30.1 Å². The maximum atomic E-state index is 11.5. The van der Waals surface area contributed by atoms with E-state index in [4.69, 9.17) is 9.84 Å². The summed E-state index contributed by atoms with van der Waals surface area (Å²) in [7, 11) is 0. The van der Waals surface area contributed by atoms with Crippen molar-refractivity contribution in [1.82, 2.24) is 5.32 Å². The van der Waals surface area contributed by atoms with Gasteiger partial charge >= 0.3 is 5.97 Å². The highest BCUT2D eigenvalue weighted by Gasteiger charge is 2.10. The molecular weight excluding hydrogens is 326 g/mol. The zero-order valence-corrected chi connectivity index (χ0v) is 12.9. The highest BCUT2D eigenvalue weighted by molar-refractivity contribution is 9.10. The summed E-state index contributed by atoms with van der Waals surface area (Å²) in [5.74, 6) is -0.741. The molecule has 110 valence electrons. The molecule has 5 nitrogen and oxygen atoms in total. The summed E-state index contributed by atoms with van der Waals surface area (Å²) in [6.45, 7) is 2.27. The molecular formula is C14H18BrNO4. The summed E-state index contributed by atoms with van der Waals surface area (Å²) in [5, 5.41) is 11.4. The van der Waals surface area contributed by atoms with Crippen LogP contribution < -0.4 is 10.1 Å². The standard InChI is InChI=1S/C14H18BrNO4/c1-10(14(18)19)5-7-16-13(17)6-8-20-12-4-2-3-11(15)9-12/h2-4,9-10H,5-8H2,1H3,(H,16,17)(H,18,19). The molecule has 0 aliphatic heterocycles. The van der Waals surface area contributed by atoms with Crippen LogP contribution in [0.25, 0.3) is 0 Å². The Labute approximate surface area is 126 Å². The number of carbonyl (C=O) groups is 2. The van der Waals surface area contributed by atoms with Crippen LogP contribution in [0.5, 0.6) is 5.75 Å². The number of carboxylic acid groups (broad SMARTS) is 1. The molecule has 1 amide bonds. The number of carbonyl (C=O) groups excluding carboxylic acids is 1. The van der Waals surface area contributed by atoms with Gasteiger partial charge in [0.15, 0.2) is 0 Å². The van der Waals surface area contributed by atoms with Gasteiger partial charge in [0.1, 0.15) is 5.75 Å². The van der Waals surface area contributed by atoms with Crippen molar-refractivity contribution < 1.29 is 19.4 Å². The van der Waals surface area contributed by atoms with E-state index >= 15 is 0 Å². The van der Waals surface area contributed by atoms with Crippen molar-refractivity contribution >= 4 is 27.8 Å². The van der Waals surface area contributed by atoms with Crippen molar-refractivity contribution in [2.24, 2.45) is 5.92 Å². The molecule has 0 bridgehead atoms. The molecule has 1 unspecified atom stereocenters. The fourth-order valence-corrected chi connectivity index (χ4v) is 1.84. The number of hydrogen-bond donors (Lipinski definition) is 2. The monoisotopic (exact) mass is 343 g/mol. The van der Waals surface area contributed by atoms with E-state index < -0.39 is 11.9 Å². The van der Waals surface area contributed by atoms with Gasteiger partial charge in [0.2, 0.25) is 5.91 Å². The Hall–Kier alpha value is -1.56. The summed E-state index contributed by atoms with van der Waals surface area (Å²) >= 11 is 3.34. The molecule has 2 N–H and O–H groups in total. The van der Waals surface area contributed by atoms with Gasteiger partial charge in [-0.2, -0.15) is 0 Å². The largest absolute Gasteiger partial charge is 0.493 e. The van der Waals surface area contributed by atoms with E-state index in [-0.39, 0.29) is 18.9 Å². The minimum Gasteiger partial charge on any atom is -0.493 e. The van der Waals surface area contributed by atoms with E-state index in [9.17, 15) is 9.59 Å². The third-order valence-corrected chi connectivity index (χ3v) is 3.21. The van der Waals surface area contributed by atoms with E-state index in [2.05, 4.69) is 21.2 Å². The summed E-state index contributed by atoms with van der Waals surface area (Å²) in [6.07, 6.45) is 0.668. The number of ether oxygens (including phenoxy) is 1. The van der Waals surface area contributed by atoms with Crippen molar-refractivity contribution in [3.05, 3.63) is 28.7 Å². The molecule has 0 saturated heterocycles. The van der Waals surface area contributed by atoms with Gasteiger partial charge in [-0.3, -0.25) is 9.59 Å². The van der Waals surface area contributed by atoms with Crippen LogP contribution in [0.3, 0.4) is 0 Å². The average molecular weight is 344 g/mol. The number of benzene rings is 1. The van der Waals surface area contributed by atoms with Crippen molar-refractivity contribution in [3.8, 4) is 5.75 Å². The first kappa shape index (κ1) is 16.5. The van der Waals surface area contributed by atoms with E-state index in [0.717, 1.165) is 4.47 Å². The summed E-state index contributed by atoms with van der Waals surface area (Å²) in [6, 6.07) is 7.39. The Morgan fingerprint density at radius 1 is 1.45 bits per heavy atom. The van der Waals surface area contributed by atoms with Crippen molar-refractivity contribution in [3.63, 3.8) is 0 Å². The lowest BCUT2D eigenvalue weighted by atomic mass is 10.1. The van der Waals surface area contributed by atoms with E-state index in [0.29, 0.717) is 18.7 Å². The van der Waals surface area contributed by atoms with Crippen LogP contribution in [0, 0.1) is 5.92 Å². The van der Waals surface area contributed by atoms with Crippen LogP contribution in [0.4, 0.5) is 0 Å². The maximum absolute atomic E-state index is 11.5. The summed E-state index contributed by atoms with van der Waals surface area (Å²) < 4.78 is 6.36. The van der Waals surface area contributed by atoms with Crippen molar-refractivity contribution in [1.29, 1.82) is 0 Å². The van der Waals surface area contributed by atoms with Crippen LogP contribution in [0.1, 0.15) is 19.8 Å². The van der Waals surface area contributed by atoms with Crippen LogP contribution >= 0.6 is 15.9 Å². The Kier molecular flexibility index (Phi) is 7.08. The topological polar surface area (TPSA) is 75.6 Å². The molecule has 6 heteroatoms. The first-order chi connectivity index (χ1) is 9.49. The first-order valence-electron chi connectivity index (χ1n) is 6.37. The molecule has 20 heavy (non-hydrogen) atoms. The Bertz CT molecular complexity index is 464. The lowest BCUT2D eigenvalue weighted by Gasteiger charge is -2.09. The van der Waals surface area contributed by atoms with Crippen molar-refractivity contribution in [2.45, 2.75) is 19.8 Å². The van der Waals surface area contributed by atoms with Gasteiger partial charge < -0.3 is 15.2 Å². The zero-order valence-electron chi connectivity index (χ0n) is 11.3. The molecule has 0 heterocycles. The number of hydrogen-bond acceptors (Lipinski definition) is 3. The molecule has 0 spiro atoms. The molecule has 1 aromatic carbocycles. The molecule has 1 atom stereocenters. The highest BCUT2D eigenvalue weighted by Crippen LogP contribution is 2.17. The zero-order chi connectivity index (χ0) is 15.0. The summed E-state index contributed by atoms with van der Waals surface area (Å²) in [5.41, 5.74) is 0. The van der Waals surface area contributed by atoms with E-state index in [1.807, 2.05) is 24.3 Å². The van der Waals surface area contributed by atoms with Gasteiger partial charge in [-0.1, -0.05) is 28.9 Å². The lowest BCUT2D eigenvalue weighted by Crippen LogP contribution is -2.28. The quantitative estimate of drug-likeness (QED) is 0.760. The molecule has 0 aliphatic carbocycles. The van der Waals surface area contributed by atoms with Gasteiger partial charge in [-0.05, 0) is 24.6 Å². The number of aliphatic carboxylic acids is 1. The van der Waals surface area contributed by atoms with Crippen LogP contribution in [0.15, 0.2) is 28.7 Å². The van der Waals surface area contributed by atoms with E-state index in [1.54, 1.807) is 6.92 Å². The minimum atomic E-state index is -0.850. The van der Waals surface area contributed by atoms with Gasteiger partial charge in [0.25, 0.3) is 0 Å². The first-order valence-corrected chi connectivity index (χ1v) is 7.16. The molecule has 0 saturated carbocycles. The van der Waals surface area contributed by atoms with Crippen molar-refractivity contribution in [2.75, 3.05) is 13.2 Å². The Morgan fingerprint density at radius 3 is 2.85 bits per heavy atom. The van der Waals surface area contributed by atoms with E-state index in [1.165, 1.54) is 0 Å². The number of amides is 1. The van der Waals surface area contributed by atoms with Gasteiger partial charge in [-0.15, -0.1) is 0 Å². The molecule has 1 rings (SSSR count). The second-order valence-electron chi connectivity index (χ2n) is 4.43. The maximum Gasteiger partial charge on any atom is 0.306 e. The predicted octanol–water partition coefficient (Wildman–Crippen LogP) is 2.45. The van der Waals surface area contributed by atoms with Crippen LogP contribution in [-0.2, 0) is 9.59 Å². The SMILES string of the molecule is CC(CCNC(=O)CCOc1cccc(Br)c1)C(=O)O. The third-order valence-electron chi connectivity index (χ3n) is 2.72. The molecule has 0 aromatic heterocycles. The molecule has 1 aromatic rings. The van der Waals surface area contributed by atoms with Gasteiger partial charge in [0, 0.05) is 11.0 Å². The predicted molar refractivity (Wildman–Crippen MR) is 78.7 cm³/mol. The smallest absolute Gasteiger partial charge is 0.306 e. The third kappa shape index (κ3) is 6.56. The summed E-state index contributed by atoms with van der Waals surface area (Å²) in [4.78, 5) is 22.1. The number of rotatable bonds is 8. The van der Waals surface area contributed by atoms with Gasteiger partial charge in [0.05, 0.1) is 18.9 Å². The highest BCUT2D eigenvalue weighted by atomic mass is 79.9. The Balaban J connectivity index is 2.16. The van der Waals surface area contributed by atoms with Crippen LogP contribution in [0.2, 0.25) is 0 Å². The number of nitrogens with one attached hydrogen (secondary N) is 1. The fraction of sp³-hybridized carbons (Fsp3) is 0.429. The number of carboxylic acids is 1. The number of halogens is 1.